The zero-order valence-electron chi connectivity index (χ0n) is 10.8. The summed E-state index contributed by atoms with van der Waals surface area (Å²) in [6, 6.07) is 10.9. The molecule has 0 spiro atoms. The molecule has 0 nitrogen and oxygen atoms in total. The molecule has 0 heterocycles. The molecule has 0 radical (unpaired) electrons. The SMILES string of the molecule is Cc1ccccc1-c1c(C)cc(C)c(I)c1C. The molecular formula is C16H17I. The molecule has 0 atom stereocenters. The minimum atomic E-state index is 1.35. The van der Waals surface area contributed by atoms with Crippen molar-refractivity contribution in [3.8, 4) is 11.1 Å². The average molecular weight is 336 g/mol. The molecule has 17 heavy (non-hydrogen) atoms. The lowest BCUT2D eigenvalue weighted by Crippen LogP contribution is -1.96. The Kier molecular flexibility index (Phi) is 3.57. The van der Waals surface area contributed by atoms with Crippen LogP contribution >= 0.6 is 22.6 Å². The van der Waals surface area contributed by atoms with E-state index in [0.717, 1.165) is 0 Å². The lowest BCUT2D eigenvalue weighted by Gasteiger charge is -2.16. The van der Waals surface area contributed by atoms with Gasteiger partial charge in [-0.25, -0.2) is 0 Å². The summed E-state index contributed by atoms with van der Waals surface area (Å²) >= 11 is 2.45. The van der Waals surface area contributed by atoms with Gasteiger partial charge in [-0.1, -0.05) is 30.3 Å². The van der Waals surface area contributed by atoms with Crippen molar-refractivity contribution in [1.29, 1.82) is 0 Å². The Morgan fingerprint density at radius 3 is 2.12 bits per heavy atom. The summed E-state index contributed by atoms with van der Waals surface area (Å²) in [5.41, 5.74) is 8.25. The van der Waals surface area contributed by atoms with Crippen LogP contribution in [0.25, 0.3) is 11.1 Å². The highest BCUT2D eigenvalue weighted by atomic mass is 127. The van der Waals surface area contributed by atoms with Crippen LogP contribution in [-0.2, 0) is 0 Å². The maximum Gasteiger partial charge on any atom is 0.0195 e. The number of halogens is 1. The average Bonchev–Trinajstić information content (AvgIpc) is 2.29. The Balaban J connectivity index is 2.77. The Bertz CT molecular complexity index is 568. The molecule has 0 aliphatic rings. The van der Waals surface area contributed by atoms with Crippen LogP contribution in [0.4, 0.5) is 0 Å². The van der Waals surface area contributed by atoms with Gasteiger partial charge in [0.15, 0.2) is 0 Å². The van der Waals surface area contributed by atoms with Gasteiger partial charge in [0.1, 0.15) is 0 Å². The molecule has 0 unspecified atom stereocenters. The minimum Gasteiger partial charge on any atom is -0.0620 e. The van der Waals surface area contributed by atoms with Crippen LogP contribution in [0.15, 0.2) is 30.3 Å². The summed E-state index contributed by atoms with van der Waals surface area (Å²) in [7, 11) is 0. The van der Waals surface area contributed by atoms with Crippen LogP contribution in [0.5, 0.6) is 0 Å². The first-order valence-electron chi connectivity index (χ1n) is 5.84. The van der Waals surface area contributed by atoms with E-state index in [2.05, 4.69) is 80.6 Å². The number of aryl methyl sites for hydroxylation is 3. The van der Waals surface area contributed by atoms with E-state index < -0.39 is 0 Å². The summed E-state index contributed by atoms with van der Waals surface area (Å²) in [6.45, 7) is 8.80. The van der Waals surface area contributed by atoms with E-state index in [-0.39, 0.29) is 0 Å². The zero-order chi connectivity index (χ0) is 12.6. The van der Waals surface area contributed by atoms with Gasteiger partial charge < -0.3 is 0 Å². The molecular weight excluding hydrogens is 319 g/mol. The third kappa shape index (κ3) is 2.25. The predicted octanol–water partition coefficient (Wildman–Crippen LogP) is 5.19. The molecule has 2 rings (SSSR count). The highest BCUT2D eigenvalue weighted by Crippen LogP contribution is 2.33. The first-order chi connectivity index (χ1) is 8.02. The topological polar surface area (TPSA) is 0 Å². The van der Waals surface area contributed by atoms with E-state index in [1.807, 2.05) is 0 Å². The fourth-order valence-corrected chi connectivity index (χ4v) is 2.85. The predicted molar refractivity (Wildman–Crippen MR) is 83.5 cm³/mol. The Labute approximate surface area is 117 Å². The number of benzene rings is 2. The number of hydrogen-bond donors (Lipinski definition) is 0. The molecule has 1 heteroatoms. The van der Waals surface area contributed by atoms with E-state index in [9.17, 15) is 0 Å². The molecule has 0 saturated carbocycles. The number of hydrogen-bond acceptors (Lipinski definition) is 0. The Hall–Kier alpha value is -0.830. The van der Waals surface area contributed by atoms with E-state index in [0.29, 0.717) is 0 Å². The molecule has 0 amide bonds. The summed E-state index contributed by atoms with van der Waals surface area (Å²) in [5.74, 6) is 0. The summed E-state index contributed by atoms with van der Waals surface area (Å²) < 4.78 is 1.38. The van der Waals surface area contributed by atoms with Crippen LogP contribution in [0, 0.1) is 31.3 Å². The van der Waals surface area contributed by atoms with Crippen LogP contribution < -0.4 is 0 Å². The Morgan fingerprint density at radius 2 is 1.47 bits per heavy atom. The maximum absolute atomic E-state index is 2.45. The third-order valence-electron chi connectivity index (χ3n) is 3.29. The van der Waals surface area contributed by atoms with Crippen LogP contribution in [0.2, 0.25) is 0 Å². The van der Waals surface area contributed by atoms with Crippen molar-refractivity contribution < 1.29 is 0 Å². The minimum absolute atomic E-state index is 1.35. The lowest BCUT2D eigenvalue weighted by molar-refractivity contribution is 1.28. The van der Waals surface area contributed by atoms with Gasteiger partial charge in [-0.05, 0) is 83.7 Å². The standard InChI is InChI=1S/C16H17I/c1-10-7-5-6-8-14(10)15-11(2)9-12(3)16(17)13(15)4/h5-9H,1-4H3. The van der Waals surface area contributed by atoms with E-state index in [1.54, 1.807) is 0 Å². The third-order valence-corrected chi connectivity index (χ3v) is 4.95. The second kappa shape index (κ2) is 4.81. The molecule has 0 aliphatic carbocycles. The molecule has 88 valence electrons. The summed E-state index contributed by atoms with van der Waals surface area (Å²) in [5, 5.41) is 0. The quantitative estimate of drug-likeness (QED) is 0.629. The van der Waals surface area contributed by atoms with Crippen LogP contribution in [0.3, 0.4) is 0 Å². The molecule has 0 fully saturated rings. The first-order valence-corrected chi connectivity index (χ1v) is 6.92. The van der Waals surface area contributed by atoms with Crippen molar-refractivity contribution in [2.45, 2.75) is 27.7 Å². The van der Waals surface area contributed by atoms with Crippen LogP contribution in [-0.4, -0.2) is 0 Å². The van der Waals surface area contributed by atoms with Crippen molar-refractivity contribution in [2.24, 2.45) is 0 Å². The van der Waals surface area contributed by atoms with Gasteiger partial charge in [-0.15, -0.1) is 0 Å². The van der Waals surface area contributed by atoms with Crippen molar-refractivity contribution in [1.82, 2.24) is 0 Å². The van der Waals surface area contributed by atoms with Crippen molar-refractivity contribution in [3.63, 3.8) is 0 Å². The highest BCUT2D eigenvalue weighted by Gasteiger charge is 2.12. The van der Waals surface area contributed by atoms with Gasteiger partial charge in [0.25, 0.3) is 0 Å². The van der Waals surface area contributed by atoms with Gasteiger partial charge in [-0.3, -0.25) is 0 Å². The van der Waals surface area contributed by atoms with E-state index >= 15 is 0 Å². The van der Waals surface area contributed by atoms with Crippen molar-refractivity contribution in [3.05, 3.63) is 56.2 Å². The zero-order valence-corrected chi connectivity index (χ0v) is 12.9. The van der Waals surface area contributed by atoms with Gasteiger partial charge >= 0.3 is 0 Å². The molecule has 0 bridgehead atoms. The normalized spacial score (nSPS) is 10.6. The Morgan fingerprint density at radius 1 is 0.824 bits per heavy atom. The number of rotatable bonds is 1. The second-order valence-corrected chi connectivity index (χ2v) is 5.72. The fourth-order valence-electron chi connectivity index (χ4n) is 2.43. The highest BCUT2D eigenvalue weighted by molar-refractivity contribution is 14.1. The van der Waals surface area contributed by atoms with E-state index in [4.69, 9.17) is 0 Å². The van der Waals surface area contributed by atoms with Gasteiger partial charge in [0.2, 0.25) is 0 Å². The lowest BCUT2D eigenvalue weighted by atomic mass is 9.91. The molecule has 2 aromatic carbocycles. The maximum atomic E-state index is 2.45. The monoisotopic (exact) mass is 336 g/mol. The van der Waals surface area contributed by atoms with Gasteiger partial charge in [0.05, 0.1) is 0 Å². The van der Waals surface area contributed by atoms with Crippen molar-refractivity contribution >= 4 is 22.6 Å². The van der Waals surface area contributed by atoms with E-state index in [1.165, 1.54) is 37.0 Å². The summed E-state index contributed by atoms with van der Waals surface area (Å²) in [4.78, 5) is 0. The van der Waals surface area contributed by atoms with Crippen LogP contribution in [0.1, 0.15) is 22.3 Å². The second-order valence-electron chi connectivity index (χ2n) is 4.64. The molecule has 0 aliphatic heterocycles. The largest absolute Gasteiger partial charge is 0.0620 e. The molecule has 0 aromatic heterocycles. The molecule has 0 saturated heterocycles. The van der Waals surface area contributed by atoms with Gasteiger partial charge in [0, 0.05) is 3.57 Å². The van der Waals surface area contributed by atoms with Gasteiger partial charge in [-0.2, -0.15) is 0 Å². The fraction of sp³-hybridized carbons (Fsp3) is 0.250. The first kappa shape index (κ1) is 12.6. The smallest absolute Gasteiger partial charge is 0.0195 e. The molecule has 2 aromatic rings. The van der Waals surface area contributed by atoms with Crippen molar-refractivity contribution in [2.75, 3.05) is 0 Å². The molecule has 0 N–H and O–H groups in total. The summed E-state index contributed by atoms with van der Waals surface area (Å²) in [6.07, 6.45) is 0.